The van der Waals surface area contributed by atoms with Crippen LogP contribution in [0.4, 0.5) is 0 Å². The molecule has 162 valence electrons. The molecule has 0 aliphatic carbocycles. The van der Waals surface area contributed by atoms with Crippen LogP contribution in [0.1, 0.15) is 65.1 Å². The van der Waals surface area contributed by atoms with Crippen molar-refractivity contribution in [3.05, 3.63) is 57.9 Å². The van der Waals surface area contributed by atoms with Gasteiger partial charge in [-0.1, -0.05) is 36.8 Å². The summed E-state index contributed by atoms with van der Waals surface area (Å²) in [5.74, 6) is -0.153. The maximum Gasteiger partial charge on any atom is 0.309 e. The molecule has 0 N–H and O–H groups in total. The van der Waals surface area contributed by atoms with Gasteiger partial charge in [-0.3, -0.25) is 9.59 Å². The van der Waals surface area contributed by atoms with E-state index in [1.807, 2.05) is 11.8 Å². The Hall–Kier alpha value is -2.56. The van der Waals surface area contributed by atoms with Crippen LogP contribution in [0.5, 0.6) is 0 Å². The molecule has 1 aliphatic rings. The second-order valence-corrected chi connectivity index (χ2v) is 8.28. The van der Waals surface area contributed by atoms with Gasteiger partial charge in [-0.15, -0.1) is 0 Å². The van der Waals surface area contributed by atoms with E-state index >= 15 is 0 Å². The second kappa shape index (κ2) is 9.50. The Balaban J connectivity index is 1.85. The van der Waals surface area contributed by atoms with Crippen molar-refractivity contribution in [1.82, 2.24) is 9.47 Å². The first kappa shape index (κ1) is 22.1. The van der Waals surface area contributed by atoms with E-state index in [0.29, 0.717) is 39.1 Å². The Morgan fingerprint density at radius 1 is 1.03 bits per heavy atom. The molecule has 1 amide bonds. The van der Waals surface area contributed by atoms with Gasteiger partial charge in [-0.2, -0.15) is 0 Å². The van der Waals surface area contributed by atoms with Gasteiger partial charge in [0.1, 0.15) is 5.69 Å². The van der Waals surface area contributed by atoms with Crippen LogP contribution in [0.15, 0.2) is 24.3 Å². The Labute approximate surface area is 180 Å². The Morgan fingerprint density at radius 2 is 1.67 bits per heavy atom. The smallest absolute Gasteiger partial charge is 0.309 e. The van der Waals surface area contributed by atoms with Gasteiger partial charge in [0.15, 0.2) is 0 Å². The molecule has 0 unspecified atom stereocenters. The van der Waals surface area contributed by atoms with Crippen LogP contribution in [0.25, 0.3) is 0 Å². The number of carbonyl (C=O) groups is 2. The highest BCUT2D eigenvalue weighted by molar-refractivity contribution is 5.95. The number of nitrogens with zero attached hydrogens (tertiary/aromatic N) is 2. The van der Waals surface area contributed by atoms with E-state index in [2.05, 4.69) is 56.5 Å². The molecular formula is C25H34N2O3. The van der Waals surface area contributed by atoms with Crippen LogP contribution in [0.3, 0.4) is 0 Å². The number of hydrogen-bond donors (Lipinski definition) is 0. The van der Waals surface area contributed by atoms with Crippen LogP contribution in [-0.4, -0.2) is 41.0 Å². The molecule has 1 saturated heterocycles. The van der Waals surface area contributed by atoms with Crippen molar-refractivity contribution in [1.29, 1.82) is 0 Å². The van der Waals surface area contributed by atoms with Crippen LogP contribution in [-0.2, 0) is 22.5 Å². The summed E-state index contributed by atoms with van der Waals surface area (Å²) in [6.07, 6.45) is 2.24. The lowest BCUT2D eigenvalue weighted by Gasteiger charge is -2.31. The molecule has 2 aromatic rings. The van der Waals surface area contributed by atoms with Crippen LogP contribution >= 0.6 is 0 Å². The van der Waals surface area contributed by atoms with Gasteiger partial charge in [-0.25, -0.2) is 0 Å². The molecule has 0 radical (unpaired) electrons. The van der Waals surface area contributed by atoms with E-state index < -0.39 is 0 Å². The zero-order valence-corrected chi connectivity index (χ0v) is 19.0. The van der Waals surface area contributed by atoms with Crippen molar-refractivity contribution in [3.8, 4) is 0 Å². The van der Waals surface area contributed by atoms with Crippen molar-refractivity contribution in [2.24, 2.45) is 5.92 Å². The number of likely N-dealkylation sites (tertiary alicyclic amines) is 1. The number of hydrogen-bond acceptors (Lipinski definition) is 3. The number of benzene rings is 1. The average Bonchev–Trinajstić information content (AvgIpc) is 2.98. The molecular weight excluding hydrogens is 376 g/mol. The third-order valence-corrected chi connectivity index (χ3v) is 6.34. The standard InChI is InChI=1S/C25H34N2O3/c1-6-22-18(4)23(27(19(22)5)16-20-10-8-17(3)9-11-20)24(28)26-14-12-21(13-15-26)25(29)30-7-2/h8-11,21H,6-7,12-16H2,1-5H3. The predicted octanol–water partition coefficient (Wildman–Crippen LogP) is 4.44. The summed E-state index contributed by atoms with van der Waals surface area (Å²) in [6, 6.07) is 8.50. The van der Waals surface area contributed by atoms with Crippen molar-refractivity contribution in [3.63, 3.8) is 0 Å². The lowest BCUT2D eigenvalue weighted by Crippen LogP contribution is -2.41. The molecule has 30 heavy (non-hydrogen) atoms. The van der Waals surface area contributed by atoms with Gasteiger partial charge in [-0.05, 0) is 63.6 Å². The zero-order chi connectivity index (χ0) is 21.8. The fourth-order valence-electron chi connectivity index (χ4n) is 4.55. The molecule has 0 bridgehead atoms. The third-order valence-electron chi connectivity index (χ3n) is 6.34. The van der Waals surface area contributed by atoms with Crippen molar-refractivity contribution >= 4 is 11.9 Å². The first-order valence-corrected chi connectivity index (χ1v) is 11.1. The van der Waals surface area contributed by atoms with E-state index in [-0.39, 0.29) is 17.8 Å². The first-order valence-electron chi connectivity index (χ1n) is 11.1. The monoisotopic (exact) mass is 410 g/mol. The summed E-state index contributed by atoms with van der Waals surface area (Å²) in [5, 5.41) is 0. The Morgan fingerprint density at radius 3 is 2.23 bits per heavy atom. The van der Waals surface area contributed by atoms with Gasteiger partial charge in [0, 0.05) is 25.3 Å². The number of ether oxygens (including phenoxy) is 1. The number of rotatable bonds is 6. The maximum atomic E-state index is 13.6. The van der Waals surface area contributed by atoms with E-state index in [1.165, 1.54) is 22.4 Å². The minimum atomic E-state index is -0.132. The third kappa shape index (κ3) is 4.45. The average molecular weight is 411 g/mol. The minimum Gasteiger partial charge on any atom is -0.466 e. The van der Waals surface area contributed by atoms with E-state index in [1.54, 1.807) is 0 Å². The molecule has 0 saturated carbocycles. The number of carbonyl (C=O) groups excluding carboxylic acids is 2. The second-order valence-electron chi connectivity index (χ2n) is 8.28. The number of aromatic nitrogens is 1. The van der Waals surface area contributed by atoms with Gasteiger partial charge in [0.25, 0.3) is 5.91 Å². The highest BCUT2D eigenvalue weighted by atomic mass is 16.5. The van der Waals surface area contributed by atoms with Crippen molar-refractivity contribution in [2.75, 3.05) is 19.7 Å². The topological polar surface area (TPSA) is 51.5 Å². The van der Waals surface area contributed by atoms with E-state index in [4.69, 9.17) is 4.74 Å². The molecule has 1 fully saturated rings. The highest BCUT2D eigenvalue weighted by Gasteiger charge is 2.31. The number of esters is 1. The quantitative estimate of drug-likeness (QED) is 0.662. The predicted molar refractivity (Wildman–Crippen MR) is 119 cm³/mol. The molecule has 0 atom stereocenters. The van der Waals surface area contributed by atoms with E-state index in [9.17, 15) is 9.59 Å². The summed E-state index contributed by atoms with van der Waals surface area (Å²) in [4.78, 5) is 27.5. The maximum absolute atomic E-state index is 13.6. The molecule has 1 aliphatic heterocycles. The largest absolute Gasteiger partial charge is 0.466 e. The summed E-state index contributed by atoms with van der Waals surface area (Å²) in [6.45, 7) is 12.5. The molecule has 5 nitrogen and oxygen atoms in total. The Bertz CT molecular complexity index is 903. The number of amides is 1. The minimum absolute atomic E-state index is 0.0738. The fraction of sp³-hybridized carbons (Fsp3) is 0.520. The SMILES string of the molecule is CCOC(=O)C1CCN(C(=O)c2c(C)c(CC)c(C)n2Cc2ccc(C)cc2)CC1. The number of aryl methyl sites for hydroxylation is 1. The van der Waals surface area contributed by atoms with Gasteiger partial charge in [0.2, 0.25) is 0 Å². The van der Waals surface area contributed by atoms with Crippen molar-refractivity contribution in [2.45, 2.75) is 60.4 Å². The first-order chi connectivity index (χ1) is 14.4. The highest BCUT2D eigenvalue weighted by Crippen LogP contribution is 2.27. The van der Waals surface area contributed by atoms with Crippen LogP contribution < -0.4 is 0 Å². The molecule has 3 rings (SSSR count). The molecule has 1 aromatic heterocycles. The van der Waals surface area contributed by atoms with Gasteiger partial charge >= 0.3 is 5.97 Å². The Kier molecular flexibility index (Phi) is 7.01. The normalized spacial score (nSPS) is 14.8. The fourth-order valence-corrected chi connectivity index (χ4v) is 4.55. The summed E-state index contributed by atoms with van der Waals surface area (Å²) >= 11 is 0. The zero-order valence-electron chi connectivity index (χ0n) is 19.0. The summed E-state index contributed by atoms with van der Waals surface area (Å²) in [7, 11) is 0. The molecule has 0 spiro atoms. The lowest BCUT2D eigenvalue weighted by atomic mass is 9.96. The van der Waals surface area contributed by atoms with E-state index in [0.717, 1.165) is 17.7 Å². The van der Waals surface area contributed by atoms with Crippen LogP contribution in [0, 0.1) is 26.7 Å². The van der Waals surface area contributed by atoms with Crippen molar-refractivity contribution < 1.29 is 14.3 Å². The molecule has 2 heterocycles. The van der Waals surface area contributed by atoms with Crippen LogP contribution in [0.2, 0.25) is 0 Å². The van der Waals surface area contributed by atoms with Gasteiger partial charge in [0.05, 0.1) is 12.5 Å². The summed E-state index contributed by atoms with van der Waals surface area (Å²) < 4.78 is 7.34. The molecule has 1 aromatic carbocycles. The van der Waals surface area contributed by atoms with Gasteiger partial charge < -0.3 is 14.2 Å². The number of piperidine rings is 1. The molecule has 5 heteroatoms. The lowest BCUT2D eigenvalue weighted by molar-refractivity contribution is -0.149. The summed E-state index contributed by atoms with van der Waals surface area (Å²) in [5.41, 5.74) is 6.72.